The third-order valence-electron chi connectivity index (χ3n) is 7.93. The summed E-state index contributed by atoms with van der Waals surface area (Å²) in [6.45, 7) is 10.7. The fourth-order valence-corrected chi connectivity index (χ4v) is 5.04. The number of carbonyl (C=O) groups is 2. The molecule has 1 fully saturated rings. The first-order chi connectivity index (χ1) is 20.1. The van der Waals surface area contributed by atoms with E-state index in [1.807, 2.05) is 19.9 Å². The number of aromatic hydroxyl groups is 2. The quantitative estimate of drug-likeness (QED) is 0.165. The highest BCUT2D eigenvalue weighted by atomic mass is 16.7. The van der Waals surface area contributed by atoms with Crippen LogP contribution in [-0.2, 0) is 22.3 Å². The van der Waals surface area contributed by atoms with Crippen LogP contribution in [0.5, 0.6) is 17.2 Å². The summed E-state index contributed by atoms with van der Waals surface area (Å²) in [4.78, 5) is 37.6. The zero-order valence-corrected chi connectivity index (χ0v) is 25.0. The number of allylic oxidation sites excluding steroid dienone is 2. The average Bonchev–Trinajstić information content (AvgIpc) is 2.93. The molecule has 0 saturated carbocycles. The maximum absolute atomic E-state index is 13.1. The van der Waals surface area contributed by atoms with Crippen LogP contribution in [0.25, 0.3) is 11.0 Å². The first kappa shape index (κ1) is 31.6. The molecule has 4 rings (SSSR count). The molecule has 43 heavy (non-hydrogen) atoms. The molecule has 1 aliphatic rings. The lowest BCUT2D eigenvalue weighted by Gasteiger charge is -2.47. The lowest BCUT2D eigenvalue weighted by molar-refractivity contribution is -0.283. The Bertz CT molecular complexity index is 1650. The van der Waals surface area contributed by atoms with E-state index in [4.69, 9.17) is 24.4 Å². The largest absolute Gasteiger partial charge is 0.508 e. The monoisotopic (exact) mass is 595 g/mol. The van der Waals surface area contributed by atoms with E-state index in [1.54, 1.807) is 33.8 Å². The summed E-state index contributed by atoms with van der Waals surface area (Å²) >= 11 is 0. The van der Waals surface area contributed by atoms with Crippen LogP contribution in [0.15, 0.2) is 51.2 Å². The van der Waals surface area contributed by atoms with Gasteiger partial charge in [0, 0.05) is 23.5 Å². The van der Waals surface area contributed by atoms with Crippen molar-refractivity contribution in [2.75, 3.05) is 0 Å². The standard InChI is InChI=1S/C32H37NO10/c1-15(2)7-8-18-13-19(9-11-22(18)34)23(35)14-21-25(36)20-10-12-24(16(3)27(20)41-29(21)38)40-30-26(37)28(42-31(33)39)17(4)32(5,6)43-30/h7,9-13,17,26,28,30,34,36-37H,8,14H2,1-6H3,(H2,33,39)/t17?,26?,28?,30-/m1/s1. The third kappa shape index (κ3) is 6.52. The Morgan fingerprint density at radius 2 is 1.84 bits per heavy atom. The van der Waals surface area contributed by atoms with Crippen LogP contribution in [0.1, 0.15) is 61.7 Å². The summed E-state index contributed by atoms with van der Waals surface area (Å²) < 4.78 is 22.6. The Labute approximate surface area is 248 Å². The van der Waals surface area contributed by atoms with Gasteiger partial charge in [-0.05, 0) is 76.9 Å². The van der Waals surface area contributed by atoms with Crippen molar-refractivity contribution < 1.29 is 43.5 Å². The van der Waals surface area contributed by atoms with Gasteiger partial charge in [0.25, 0.3) is 0 Å². The molecule has 2 heterocycles. The van der Waals surface area contributed by atoms with Crippen LogP contribution >= 0.6 is 0 Å². The smallest absolute Gasteiger partial charge is 0.404 e. The van der Waals surface area contributed by atoms with Gasteiger partial charge < -0.3 is 39.7 Å². The molecule has 3 unspecified atom stereocenters. The molecule has 0 spiro atoms. The number of ether oxygens (including phenoxy) is 3. The molecule has 0 bridgehead atoms. The number of phenols is 1. The number of amides is 1. The summed E-state index contributed by atoms with van der Waals surface area (Å²) in [6, 6.07) is 7.41. The van der Waals surface area contributed by atoms with Crippen LogP contribution in [0, 0.1) is 12.8 Å². The maximum atomic E-state index is 13.1. The molecule has 5 N–H and O–H groups in total. The second-order valence-corrected chi connectivity index (χ2v) is 11.6. The van der Waals surface area contributed by atoms with Gasteiger partial charge in [-0.2, -0.15) is 0 Å². The lowest BCUT2D eigenvalue weighted by atomic mass is 9.82. The molecular formula is C32H37NO10. The van der Waals surface area contributed by atoms with Gasteiger partial charge in [0.15, 0.2) is 11.9 Å². The Morgan fingerprint density at radius 3 is 2.49 bits per heavy atom. The molecule has 3 aromatic rings. The van der Waals surface area contributed by atoms with Gasteiger partial charge in [0.1, 0.15) is 28.9 Å². The molecule has 0 aliphatic carbocycles. The van der Waals surface area contributed by atoms with Crippen LogP contribution < -0.4 is 16.1 Å². The van der Waals surface area contributed by atoms with Crippen LogP contribution in [0.4, 0.5) is 4.79 Å². The van der Waals surface area contributed by atoms with E-state index in [0.717, 1.165) is 5.57 Å². The van der Waals surface area contributed by atoms with Crippen molar-refractivity contribution in [2.45, 2.75) is 78.5 Å². The average molecular weight is 596 g/mol. The van der Waals surface area contributed by atoms with Crippen molar-refractivity contribution in [3.05, 3.63) is 74.7 Å². The summed E-state index contributed by atoms with van der Waals surface area (Å²) in [7, 11) is 0. The topological polar surface area (TPSA) is 179 Å². The van der Waals surface area contributed by atoms with Crippen molar-refractivity contribution in [1.29, 1.82) is 0 Å². The normalized spacial score (nSPS) is 21.3. The molecule has 0 radical (unpaired) electrons. The van der Waals surface area contributed by atoms with Gasteiger partial charge in [0.05, 0.1) is 16.6 Å². The highest BCUT2D eigenvalue weighted by molar-refractivity contribution is 5.99. The molecule has 2 aromatic carbocycles. The first-order valence-electron chi connectivity index (χ1n) is 13.9. The van der Waals surface area contributed by atoms with Gasteiger partial charge in [-0.15, -0.1) is 0 Å². The number of aliphatic hydroxyl groups excluding tert-OH is 1. The number of aliphatic hydroxyl groups is 1. The molecule has 1 amide bonds. The Morgan fingerprint density at radius 1 is 1.14 bits per heavy atom. The van der Waals surface area contributed by atoms with E-state index in [9.17, 15) is 29.7 Å². The highest BCUT2D eigenvalue weighted by Crippen LogP contribution is 2.39. The fourth-order valence-electron chi connectivity index (χ4n) is 5.04. The minimum absolute atomic E-state index is 0.0210. The Kier molecular flexibility index (Phi) is 8.89. The molecular weight excluding hydrogens is 558 g/mol. The highest BCUT2D eigenvalue weighted by Gasteiger charge is 2.50. The number of carbonyl (C=O) groups excluding carboxylic acids is 2. The summed E-state index contributed by atoms with van der Waals surface area (Å²) in [5.74, 6) is -1.04. The predicted octanol–water partition coefficient (Wildman–Crippen LogP) is 4.42. The van der Waals surface area contributed by atoms with E-state index in [-0.39, 0.29) is 33.6 Å². The molecule has 1 saturated heterocycles. The fraction of sp³-hybridized carbons (Fsp3) is 0.406. The minimum atomic E-state index is -1.39. The van der Waals surface area contributed by atoms with Crippen molar-refractivity contribution in [2.24, 2.45) is 11.7 Å². The summed E-state index contributed by atoms with van der Waals surface area (Å²) in [6.07, 6.45) is -2.78. The second-order valence-electron chi connectivity index (χ2n) is 11.6. The third-order valence-corrected chi connectivity index (χ3v) is 7.93. The van der Waals surface area contributed by atoms with Crippen molar-refractivity contribution in [3.8, 4) is 17.2 Å². The number of hydrogen-bond acceptors (Lipinski definition) is 10. The van der Waals surface area contributed by atoms with Gasteiger partial charge in [0.2, 0.25) is 6.29 Å². The number of phenolic OH excluding ortho intramolecular Hbond substituents is 1. The van der Waals surface area contributed by atoms with E-state index in [2.05, 4.69) is 0 Å². The van der Waals surface area contributed by atoms with Crippen molar-refractivity contribution >= 4 is 22.8 Å². The lowest BCUT2D eigenvalue weighted by Crippen LogP contribution is -2.61. The number of aryl methyl sites for hydroxylation is 1. The SMILES string of the molecule is CC(C)=CCc1cc(C(=O)Cc2c(O)c3ccc(O[C@@H]4OC(C)(C)C(C)C(OC(N)=O)C4O)c(C)c3oc2=O)ccc1O. The Balaban J connectivity index is 1.63. The number of ketones is 1. The van der Waals surface area contributed by atoms with Gasteiger partial charge >= 0.3 is 11.7 Å². The van der Waals surface area contributed by atoms with Crippen molar-refractivity contribution in [1.82, 2.24) is 0 Å². The van der Waals surface area contributed by atoms with Crippen molar-refractivity contribution in [3.63, 3.8) is 0 Å². The number of hydrogen-bond donors (Lipinski definition) is 4. The minimum Gasteiger partial charge on any atom is -0.508 e. The first-order valence-corrected chi connectivity index (χ1v) is 13.9. The van der Waals surface area contributed by atoms with E-state index >= 15 is 0 Å². The van der Waals surface area contributed by atoms with E-state index < -0.39 is 59.7 Å². The number of rotatable bonds is 8. The second kappa shape index (κ2) is 12.1. The van der Waals surface area contributed by atoms with Gasteiger partial charge in [-0.25, -0.2) is 9.59 Å². The maximum Gasteiger partial charge on any atom is 0.404 e. The van der Waals surface area contributed by atoms with Gasteiger partial charge in [-0.1, -0.05) is 18.6 Å². The molecule has 230 valence electrons. The van der Waals surface area contributed by atoms with E-state index in [1.165, 1.54) is 24.3 Å². The van der Waals surface area contributed by atoms with Crippen LogP contribution in [0.3, 0.4) is 0 Å². The zero-order valence-electron chi connectivity index (χ0n) is 25.0. The zero-order chi connectivity index (χ0) is 31.8. The van der Waals surface area contributed by atoms with Gasteiger partial charge in [-0.3, -0.25) is 4.79 Å². The molecule has 1 aliphatic heterocycles. The number of benzene rings is 2. The predicted molar refractivity (Wildman–Crippen MR) is 157 cm³/mol. The Hall–Kier alpha value is -4.35. The number of primary amides is 1. The van der Waals surface area contributed by atoms with Crippen LogP contribution in [-0.4, -0.2) is 51.3 Å². The number of fused-ring (bicyclic) bond motifs is 1. The molecule has 4 atom stereocenters. The number of nitrogens with two attached hydrogens (primary N) is 1. The summed E-state index contributed by atoms with van der Waals surface area (Å²) in [5.41, 5.74) is 5.46. The van der Waals surface area contributed by atoms with Crippen LogP contribution in [0.2, 0.25) is 0 Å². The van der Waals surface area contributed by atoms with E-state index in [0.29, 0.717) is 17.5 Å². The molecule has 11 nitrogen and oxygen atoms in total. The summed E-state index contributed by atoms with van der Waals surface area (Å²) in [5, 5.41) is 32.3. The molecule has 11 heteroatoms. The number of Topliss-reactive ketones (excluding diaryl/α,β-unsaturated/α-hetero) is 1. The molecule has 1 aromatic heterocycles.